The van der Waals surface area contributed by atoms with Crippen LogP contribution >= 0.6 is 0 Å². The Hall–Kier alpha value is -1.64. The number of nitrogens with one attached hydrogen (secondary N) is 1. The number of nitrogens with zero attached hydrogens (tertiary/aromatic N) is 1. The highest BCUT2D eigenvalue weighted by molar-refractivity contribution is 7.89. The fraction of sp³-hybridized carbons (Fsp3) is 0.650. The third kappa shape index (κ3) is 6.18. The lowest BCUT2D eigenvalue weighted by atomic mass is 9.98. The normalized spacial score (nSPS) is 15.8. The minimum atomic E-state index is -3.71. The highest BCUT2D eigenvalue weighted by Crippen LogP contribution is 2.26. The van der Waals surface area contributed by atoms with E-state index in [0.717, 1.165) is 12.8 Å². The van der Waals surface area contributed by atoms with E-state index in [2.05, 4.69) is 11.6 Å². The molecule has 1 fully saturated rings. The van der Waals surface area contributed by atoms with Gasteiger partial charge < -0.3 is 14.4 Å². The van der Waals surface area contributed by atoms with Gasteiger partial charge in [-0.2, -0.15) is 0 Å². The van der Waals surface area contributed by atoms with Gasteiger partial charge in [0.1, 0.15) is 5.75 Å². The van der Waals surface area contributed by atoms with Crippen LogP contribution in [-0.4, -0.2) is 58.7 Å². The third-order valence-electron chi connectivity index (χ3n) is 4.85. The Balaban J connectivity index is 2.11. The van der Waals surface area contributed by atoms with Crippen LogP contribution < -0.4 is 9.46 Å². The Labute approximate surface area is 168 Å². The molecule has 1 aromatic rings. The maximum absolute atomic E-state index is 12.9. The quantitative estimate of drug-likeness (QED) is 0.630. The molecule has 158 valence electrons. The van der Waals surface area contributed by atoms with E-state index < -0.39 is 10.0 Å². The van der Waals surface area contributed by atoms with Gasteiger partial charge in [0.05, 0.1) is 23.7 Å². The zero-order valence-electron chi connectivity index (χ0n) is 17.2. The Morgan fingerprint density at radius 1 is 1.29 bits per heavy atom. The first-order valence-corrected chi connectivity index (χ1v) is 11.3. The van der Waals surface area contributed by atoms with E-state index in [-0.39, 0.29) is 29.0 Å². The Kier molecular flexibility index (Phi) is 8.27. The molecule has 1 aliphatic rings. The summed E-state index contributed by atoms with van der Waals surface area (Å²) in [5.74, 6) is 0.792. The number of likely N-dealkylation sites (tertiary alicyclic amines) is 1. The zero-order valence-corrected chi connectivity index (χ0v) is 18.0. The van der Waals surface area contributed by atoms with Crippen molar-refractivity contribution in [2.45, 2.75) is 51.0 Å². The van der Waals surface area contributed by atoms with E-state index in [9.17, 15) is 13.2 Å². The monoisotopic (exact) mass is 412 g/mol. The number of ether oxygens (including phenoxy) is 2. The molecule has 0 saturated carbocycles. The first kappa shape index (κ1) is 22.6. The molecule has 1 aliphatic heterocycles. The number of amides is 1. The molecule has 8 heteroatoms. The molecule has 1 N–H and O–H groups in total. The van der Waals surface area contributed by atoms with Gasteiger partial charge >= 0.3 is 0 Å². The van der Waals surface area contributed by atoms with Crippen LogP contribution in [0.5, 0.6) is 5.75 Å². The minimum absolute atomic E-state index is 0.0619. The van der Waals surface area contributed by atoms with Gasteiger partial charge in [-0.1, -0.05) is 6.92 Å². The molecule has 1 heterocycles. The summed E-state index contributed by atoms with van der Waals surface area (Å²) in [6, 6.07) is 4.41. The standard InChI is InChI=1S/C20H32N2O5S/c1-15(2)27-13-5-10-21-28(24,25)17-6-7-19(26-4)18(14-17)20(23)22-11-8-16(3)9-12-22/h6-7,14-16,21H,5,8-13H2,1-4H3. The van der Waals surface area contributed by atoms with Crippen molar-refractivity contribution in [2.24, 2.45) is 5.92 Å². The van der Waals surface area contributed by atoms with Gasteiger partial charge in [-0.3, -0.25) is 4.79 Å². The lowest BCUT2D eigenvalue weighted by Crippen LogP contribution is -2.38. The van der Waals surface area contributed by atoms with Gasteiger partial charge in [0.15, 0.2) is 0 Å². The van der Waals surface area contributed by atoms with E-state index in [1.807, 2.05) is 13.8 Å². The van der Waals surface area contributed by atoms with Gasteiger partial charge in [-0.05, 0) is 57.2 Å². The molecular formula is C20H32N2O5S. The van der Waals surface area contributed by atoms with Crippen molar-refractivity contribution in [1.82, 2.24) is 9.62 Å². The molecule has 0 aromatic heterocycles. The summed E-state index contributed by atoms with van der Waals surface area (Å²) < 4.78 is 38.5. The fourth-order valence-electron chi connectivity index (χ4n) is 3.08. The summed E-state index contributed by atoms with van der Waals surface area (Å²) in [5, 5.41) is 0. The van der Waals surface area contributed by atoms with E-state index in [0.29, 0.717) is 37.8 Å². The second-order valence-corrected chi connectivity index (χ2v) is 9.27. The van der Waals surface area contributed by atoms with Crippen LogP contribution in [0, 0.1) is 5.92 Å². The average Bonchev–Trinajstić information content (AvgIpc) is 2.67. The lowest BCUT2D eigenvalue weighted by molar-refractivity contribution is 0.0693. The highest BCUT2D eigenvalue weighted by atomic mass is 32.2. The molecule has 0 radical (unpaired) electrons. The van der Waals surface area contributed by atoms with Crippen LogP contribution in [0.3, 0.4) is 0 Å². The first-order valence-electron chi connectivity index (χ1n) is 9.83. The number of sulfonamides is 1. The van der Waals surface area contributed by atoms with Crippen LogP contribution in [0.25, 0.3) is 0 Å². The number of hydrogen-bond donors (Lipinski definition) is 1. The van der Waals surface area contributed by atoms with Gasteiger partial charge in [-0.25, -0.2) is 13.1 Å². The topological polar surface area (TPSA) is 84.9 Å². The number of benzene rings is 1. The van der Waals surface area contributed by atoms with E-state index >= 15 is 0 Å². The summed E-state index contributed by atoms with van der Waals surface area (Å²) in [7, 11) is -2.24. The maximum atomic E-state index is 12.9. The Morgan fingerprint density at radius 2 is 1.96 bits per heavy atom. The van der Waals surface area contributed by atoms with Gasteiger partial charge in [-0.15, -0.1) is 0 Å². The highest BCUT2D eigenvalue weighted by Gasteiger charge is 2.25. The van der Waals surface area contributed by atoms with Crippen LogP contribution in [0.2, 0.25) is 0 Å². The second-order valence-electron chi connectivity index (χ2n) is 7.51. The van der Waals surface area contributed by atoms with Crippen molar-refractivity contribution >= 4 is 15.9 Å². The molecule has 0 atom stereocenters. The molecular weight excluding hydrogens is 380 g/mol. The van der Waals surface area contributed by atoms with Crippen LogP contribution in [0.4, 0.5) is 0 Å². The molecule has 0 bridgehead atoms. The van der Waals surface area contributed by atoms with E-state index in [1.165, 1.54) is 25.3 Å². The molecule has 2 rings (SSSR count). The summed E-state index contributed by atoms with van der Waals surface area (Å²) in [6.45, 7) is 8.15. The number of piperidine rings is 1. The minimum Gasteiger partial charge on any atom is -0.496 e. The SMILES string of the molecule is COc1ccc(S(=O)(=O)NCCCOC(C)C)cc1C(=O)N1CCC(C)CC1. The average molecular weight is 413 g/mol. The maximum Gasteiger partial charge on any atom is 0.257 e. The van der Waals surface area contributed by atoms with E-state index in [4.69, 9.17) is 9.47 Å². The third-order valence-corrected chi connectivity index (χ3v) is 6.31. The summed E-state index contributed by atoms with van der Waals surface area (Å²) in [4.78, 5) is 14.8. The van der Waals surface area contributed by atoms with Crippen molar-refractivity contribution in [3.63, 3.8) is 0 Å². The number of carbonyl (C=O) groups excluding carboxylic acids is 1. The smallest absolute Gasteiger partial charge is 0.257 e. The van der Waals surface area contributed by atoms with Crippen LogP contribution in [0.15, 0.2) is 23.1 Å². The molecule has 0 aliphatic carbocycles. The van der Waals surface area contributed by atoms with Gasteiger partial charge in [0, 0.05) is 26.2 Å². The molecule has 1 aromatic carbocycles. The summed E-state index contributed by atoms with van der Waals surface area (Å²) in [6.07, 6.45) is 2.59. The molecule has 0 spiro atoms. The molecule has 0 unspecified atom stereocenters. The first-order chi connectivity index (χ1) is 13.2. The van der Waals surface area contributed by atoms with E-state index in [1.54, 1.807) is 4.90 Å². The molecule has 1 saturated heterocycles. The number of hydrogen-bond acceptors (Lipinski definition) is 5. The molecule has 28 heavy (non-hydrogen) atoms. The van der Waals surface area contributed by atoms with Crippen LogP contribution in [-0.2, 0) is 14.8 Å². The largest absolute Gasteiger partial charge is 0.496 e. The summed E-state index contributed by atoms with van der Waals surface area (Å²) >= 11 is 0. The fourth-order valence-corrected chi connectivity index (χ4v) is 4.18. The van der Waals surface area contributed by atoms with Gasteiger partial charge in [0.2, 0.25) is 10.0 Å². The molecule has 7 nitrogen and oxygen atoms in total. The predicted octanol–water partition coefficient (Wildman–Crippen LogP) is 2.66. The van der Waals surface area contributed by atoms with Crippen molar-refractivity contribution in [3.8, 4) is 5.75 Å². The predicted molar refractivity (Wildman–Crippen MR) is 108 cm³/mol. The Bertz CT molecular complexity index is 756. The zero-order chi connectivity index (χ0) is 20.7. The lowest BCUT2D eigenvalue weighted by Gasteiger charge is -2.30. The van der Waals surface area contributed by atoms with Crippen molar-refractivity contribution in [1.29, 1.82) is 0 Å². The molecule has 1 amide bonds. The Morgan fingerprint density at radius 3 is 2.57 bits per heavy atom. The van der Waals surface area contributed by atoms with Crippen molar-refractivity contribution in [2.75, 3.05) is 33.4 Å². The van der Waals surface area contributed by atoms with Crippen molar-refractivity contribution in [3.05, 3.63) is 23.8 Å². The van der Waals surface area contributed by atoms with Crippen molar-refractivity contribution < 1.29 is 22.7 Å². The number of methoxy groups -OCH3 is 1. The number of carbonyl (C=O) groups is 1. The number of rotatable bonds is 9. The van der Waals surface area contributed by atoms with Gasteiger partial charge in [0.25, 0.3) is 5.91 Å². The van der Waals surface area contributed by atoms with Crippen LogP contribution in [0.1, 0.15) is 50.4 Å². The summed E-state index contributed by atoms with van der Waals surface area (Å²) in [5.41, 5.74) is 0.281. The second kappa shape index (κ2) is 10.2.